The van der Waals surface area contributed by atoms with Gasteiger partial charge in [-0.25, -0.2) is 9.97 Å². The summed E-state index contributed by atoms with van der Waals surface area (Å²) < 4.78 is 2.95. The number of thiophene rings is 1. The molecule has 1 N–H and O–H groups in total. The molecular weight excluding hydrogens is 358 g/mol. The van der Waals surface area contributed by atoms with Crippen molar-refractivity contribution in [3.63, 3.8) is 0 Å². The number of imidazole rings is 1. The molecule has 5 rings (SSSR count). The van der Waals surface area contributed by atoms with Crippen molar-refractivity contribution in [3.05, 3.63) is 54.1 Å². The van der Waals surface area contributed by atoms with E-state index in [4.69, 9.17) is 9.97 Å². The van der Waals surface area contributed by atoms with Crippen molar-refractivity contribution in [2.45, 2.75) is 18.9 Å². The zero-order chi connectivity index (χ0) is 18.2. The Kier molecular flexibility index (Phi) is 3.97. The van der Waals surface area contributed by atoms with E-state index in [1.54, 1.807) is 17.7 Å². The Morgan fingerprint density at radius 2 is 2.15 bits per heavy atom. The van der Waals surface area contributed by atoms with E-state index in [1.807, 2.05) is 47.6 Å². The molecule has 0 amide bonds. The van der Waals surface area contributed by atoms with Gasteiger partial charge in [0, 0.05) is 26.0 Å². The van der Waals surface area contributed by atoms with Gasteiger partial charge in [0.25, 0.3) is 0 Å². The fraction of sp³-hybridized carbons (Fsp3) is 0.263. The minimum absolute atomic E-state index is 0.213. The molecule has 0 radical (unpaired) electrons. The summed E-state index contributed by atoms with van der Waals surface area (Å²) in [7, 11) is 1.95. The van der Waals surface area contributed by atoms with Gasteiger partial charge < -0.3 is 14.8 Å². The van der Waals surface area contributed by atoms with Gasteiger partial charge in [-0.05, 0) is 36.4 Å². The van der Waals surface area contributed by atoms with E-state index in [0.717, 1.165) is 52.9 Å². The second-order valence-corrected chi connectivity index (χ2v) is 7.58. The molecule has 0 aromatic carbocycles. The number of fused-ring (bicyclic) bond motifs is 1. The van der Waals surface area contributed by atoms with E-state index >= 15 is 0 Å². The number of hydrogen-bond acceptors (Lipinski definition) is 7. The molecule has 0 saturated carbocycles. The number of pyridine rings is 1. The lowest BCUT2D eigenvalue weighted by Gasteiger charge is -2.24. The molecule has 0 bridgehead atoms. The van der Waals surface area contributed by atoms with Crippen LogP contribution in [0, 0.1) is 0 Å². The Hall–Kier alpha value is -3.00. The monoisotopic (exact) mass is 377 g/mol. The Bertz CT molecular complexity index is 1070. The number of anilines is 3. The Morgan fingerprint density at radius 1 is 1.19 bits per heavy atom. The number of aryl methyl sites for hydroxylation is 1. The van der Waals surface area contributed by atoms with Crippen molar-refractivity contribution >= 4 is 39.1 Å². The molecule has 1 unspecified atom stereocenters. The zero-order valence-corrected chi connectivity index (χ0v) is 15.7. The second-order valence-electron chi connectivity index (χ2n) is 6.66. The van der Waals surface area contributed by atoms with Crippen molar-refractivity contribution in [1.82, 2.24) is 24.5 Å². The number of aromatic nitrogens is 5. The van der Waals surface area contributed by atoms with Gasteiger partial charge in [0.1, 0.15) is 5.82 Å². The SMILES string of the molecule is Cn1cnc(Nc2nc(N3CCCC3c3ccccn3)nc3ccsc23)c1. The lowest BCUT2D eigenvalue weighted by atomic mass is 10.1. The molecule has 0 spiro atoms. The van der Waals surface area contributed by atoms with Gasteiger partial charge in [-0.3, -0.25) is 4.98 Å². The minimum Gasteiger partial charge on any atom is -0.338 e. The molecule has 1 saturated heterocycles. The highest BCUT2D eigenvalue weighted by Crippen LogP contribution is 2.36. The first-order chi connectivity index (χ1) is 13.3. The molecule has 0 aliphatic carbocycles. The van der Waals surface area contributed by atoms with Crippen LogP contribution in [-0.4, -0.2) is 31.0 Å². The van der Waals surface area contributed by atoms with Crippen molar-refractivity contribution in [2.24, 2.45) is 7.05 Å². The molecule has 1 fully saturated rings. The van der Waals surface area contributed by atoms with Crippen LogP contribution in [0.4, 0.5) is 17.6 Å². The number of hydrogen-bond donors (Lipinski definition) is 1. The molecular formula is C19H19N7S. The van der Waals surface area contributed by atoms with Crippen molar-refractivity contribution < 1.29 is 0 Å². The molecule has 27 heavy (non-hydrogen) atoms. The highest BCUT2D eigenvalue weighted by atomic mass is 32.1. The average Bonchev–Trinajstić information content (AvgIpc) is 3.42. The summed E-state index contributed by atoms with van der Waals surface area (Å²) in [6.45, 7) is 0.930. The number of nitrogens with zero attached hydrogens (tertiary/aromatic N) is 6. The van der Waals surface area contributed by atoms with E-state index in [9.17, 15) is 0 Å². The summed E-state index contributed by atoms with van der Waals surface area (Å²) >= 11 is 1.64. The highest BCUT2D eigenvalue weighted by Gasteiger charge is 2.29. The minimum atomic E-state index is 0.213. The third-order valence-corrected chi connectivity index (χ3v) is 5.69. The third-order valence-electron chi connectivity index (χ3n) is 4.78. The van der Waals surface area contributed by atoms with Crippen molar-refractivity contribution in [2.75, 3.05) is 16.8 Å². The second kappa shape index (κ2) is 6.62. The van der Waals surface area contributed by atoms with Crippen LogP contribution in [0.5, 0.6) is 0 Å². The van der Waals surface area contributed by atoms with E-state index in [1.165, 1.54) is 0 Å². The Morgan fingerprint density at radius 3 is 2.96 bits per heavy atom. The van der Waals surface area contributed by atoms with Crippen LogP contribution in [0.3, 0.4) is 0 Å². The smallest absolute Gasteiger partial charge is 0.228 e. The summed E-state index contributed by atoms with van der Waals surface area (Å²) in [5.74, 6) is 2.32. The predicted molar refractivity (Wildman–Crippen MR) is 107 cm³/mol. The van der Waals surface area contributed by atoms with Crippen LogP contribution in [0.1, 0.15) is 24.6 Å². The van der Waals surface area contributed by atoms with Crippen LogP contribution >= 0.6 is 11.3 Å². The maximum atomic E-state index is 4.87. The lowest BCUT2D eigenvalue weighted by molar-refractivity contribution is 0.681. The average molecular weight is 377 g/mol. The first-order valence-corrected chi connectivity index (χ1v) is 9.84. The third kappa shape index (κ3) is 3.02. The lowest BCUT2D eigenvalue weighted by Crippen LogP contribution is -2.25. The topological polar surface area (TPSA) is 71.8 Å². The zero-order valence-electron chi connectivity index (χ0n) is 14.9. The van der Waals surface area contributed by atoms with Crippen LogP contribution in [0.25, 0.3) is 10.2 Å². The molecule has 4 aromatic heterocycles. The maximum absolute atomic E-state index is 4.87. The van der Waals surface area contributed by atoms with Gasteiger partial charge in [-0.15, -0.1) is 11.3 Å². The van der Waals surface area contributed by atoms with Crippen molar-refractivity contribution in [1.29, 1.82) is 0 Å². The Balaban J connectivity index is 1.55. The molecule has 1 aliphatic heterocycles. The largest absolute Gasteiger partial charge is 0.338 e. The summed E-state index contributed by atoms with van der Waals surface area (Å²) in [4.78, 5) is 20.9. The maximum Gasteiger partial charge on any atom is 0.228 e. The predicted octanol–water partition coefficient (Wildman–Crippen LogP) is 3.90. The molecule has 7 nitrogen and oxygen atoms in total. The van der Waals surface area contributed by atoms with Crippen LogP contribution in [0.2, 0.25) is 0 Å². The van der Waals surface area contributed by atoms with E-state index in [0.29, 0.717) is 0 Å². The molecule has 136 valence electrons. The molecule has 1 atom stereocenters. The van der Waals surface area contributed by atoms with Gasteiger partial charge in [0.2, 0.25) is 5.95 Å². The molecule has 1 aliphatic rings. The van der Waals surface area contributed by atoms with Crippen molar-refractivity contribution in [3.8, 4) is 0 Å². The Labute approximate surface area is 160 Å². The fourth-order valence-electron chi connectivity index (χ4n) is 3.55. The molecule has 8 heteroatoms. The standard InChI is InChI=1S/C19H19N7S/c1-25-11-16(21-12-25)23-18-17-14(7-10-27-17)22-19(24-18)26-9-4-6-15(26)13-5-2-3-8-20-13/h2-3,5,7-8,10-12,15H,4,6,9H2,1H3,(H,22,23,24). The van der Waals surface area contributed by atoms with Crippen LogP contribution in [-0.2, 0) is 7.05 Å². The summed E-state index contributed by atoms with van der Waals surface area (Å²) in [6.07, 6.45) is 7.73. The van der Waals surface area contributed by atoms with Crippen LogP contribution in [0.15, 0.2) is 48.4 Å². The first-order valence-electron chi connectivity index (χ1n) is 8.96. The normalized spacial score (nSPS) is 16.9. The van der Waals surface area contributed by atoms with Crippen LogP contribution < -0.4 is 10.2 Å². The molecule has 5 heterocycles. The molecule has 4 aromatic rings. The summed E-state index contributed by atoms with van der Waals surface area (Å²) in [5.41, 5.74) is 2.03. The fourth-order valence-corrected chi connectivity index (χ4v) is 4.33. The van der Waals surface area contributed by atoms with E-state index < -0.39 is 0 Å². The quantitative estimate of drug-likeness (QED) is 0.581. The van der Waals surface area contributed by atoms with E-state index in [2.05, 4.69) is 26.3 Å². The number of nitrogens with one attached hydrogen (secondary N) is 1. The summed E-state index contributed by atoms with van der Waals surface area (Å²) in [5, 5.41) is 5.41. The highest BCUT2D eigenvalue weighted by molar-refractivity contribution is 7.17. The van der Waals surface area contributed by atoms with Gasteiger partial charge in [0.15, 0.2) is 5.82 Å². The summed E-state index contributed by atoms with van der Waals surface area (Å²) in [6, 6.07) is 8.33. The van der Waals surface area contributed by atoms with Gasteiger partial charge in [-0.1, -0.05) is 6.07 Å². The van der Waals surface area contributed by atoms with Gasteiger partial charge >= 0.3 is 0 Å². The van der Waals surface area contributed by atoms with E-state index in [-0.39, 0.29) is 6.04 Å². The van der Waals surface area contributed by atoms with Gasteiger partial charge in [0.05, 0.1) is 28.3 Å². The number of rotatable bonds is 4. The first kappa shape index (κ1) is 16.2. The van der Waals surface area contributed by atoms with Gasteiger partial charge in [-0.2, -0.15) is 4.98 Å².